The van der Waals surface area contributed by atoms with Gasteiger partial charge in [0, 0.05) is 33.7 Å². The minimum atomic E-state index is 0. The molecule has 0 saturated carbocycles. The highest BCUT2D eigenvalue weighted by Crippen LogP contribution is 2.44. The third kappa shape index (κ3) is 4.03. The molecule has 0 N–H and O–H groups in total. The third-order valence-corrected chi connectivity index (χ3v) is 5.91. The summed E-state index contributed by atoms with van der Waals surface area (Å²) in [5.41, 5.74) is 8.71. The Morgan fingerprint density at radius 1 is 0.441 bits per heavy atom. The van der Waals surface area contributed by atoms with Gasteiger partial charge in [0.05, 0.1) is 16.7 Å². The van der Waals surface area contributed by atoms with Crippen molar-refractivity contribution in [2.45, 2.75) is 0 Å². The maximum Gasteiger partial charge on any atom is 0.0810 e. The molecule has 0 atom stereocenters. The first-order chi connectivity index (χ1) is 15.9. The highest BCUT2D eigenvalue weighted by Gasteiger charge is 2.20. The second-order valence-corrected chi connectivity index (χ2v) is 7.84. The standard InChI is InChI=1S/C30H20N2.2ClH/c1-4-11-21(12-5-1)27-25-18-19-26-24(17-10-20-31-26)30(25)32-29(23-15-8-3-9-16-23)28(27)22-13-6-2-7-14-22;;/h1-20H;2*1H. The van der Waals surface area contributed by atoms with Crippen LogP contribution < -0.4 is 0 Å². The molecule has 0 fully saturated rings. The smallest absolute Gasteiger partial charge is 0.0810 e. The third-order valence-electron chi connectivity index (χ3n) is 5.91. The number of hydrogen-bond acceptors (Lipinski definition) is 2. The lowest BCUT2D eigenvalue weighted by atomic mass is 9.87. The molecular formula is C30H22Cl2N2. The number of nitrogens with zero attached hydrogens (tertiary/aromatic N) is 2. The lowest BCUT2D eigenvalue weighted by molar-refractivity contribution is 1.38. The molecule has 0 unspecified atom stereocenters. The van der Waals surface area contributed by atoms with Crippen molar-refractivity contribution in [3.05, 3.63) is 121 Å². The van der Waals surface area contributed by atoms with Gasteiger partial charge in [0.2, 0.25) is 0 Å². The molecule has 0 aliphatic rings. The van der Waals surface area contributed by atoms with Gasteiger partial charge in [-0.05, 0) is 35.4 Å². The predicted molar refractivity (Wildman–Crippen MR) is 148 cm³/mol. The monoisotopic (exact) mass is 480 g/mol. The van der Waals surface area contributed by atoms with Gasteiger partial charge in [-0.1, -0.05) is 91.0 Å². The van der Waals surface area contributed by atoms with E-state index in [1.165, 1.54) is 11.1 Å². The number of benzene rings is 4. The van der Waals surface area contributed by atoms with Crippen LogP contribution in [0, 0.1) is 0 Å². The van der Waals surface area contributed by atoms with Crippen molar-refractivity contribution in [2.24, 2.45) is 0 Å². The molecule has 4 aromatic carbocycles. The molecule has 2 heterocycles. The lowest BCUT2D eigenvalue weighted by Gasteiger charge is -2.19. The normalized spacial score (nSPS) is 10.5. The van der Waals surface area contributed by atoms with Crippen LogP contribution in [0.4, 0.5) is 0 Å². The number of pyridine rings is 2. The Morgan fingerprint density at radius 3 is 1.62 bits per heavy atom. The van der Waals surface area contributed by atoms with E-state index < -0.39 is 0 Å². The summed E-state index contributed by atoms with van der Waals surface area (Å²) in [5.74, 6) is 0. The van der Waals surface area contributed by atoms with Gasteiger partial charge in [-0.15, -0.1) is 24.8 Å². The Kier molecular flexibility index (Phi) is 6.93. The van der Waals surface area contributed by atoms with E-state index in [1.807, 2.05) is 18.3 Å². The maximum absolute atomic E-state index is 5.30. The van der Waals surface area contributed by atoms with Gasteiger partial charge in [-0.2, -0.15) is 0 Å². The van der Waals surface area contributed by atoms with E-state index in [-0.39, 0.29) is 24.8 Å². The van der Waals surface area contributed by atoms with Gasteiger partial charge in [0.1, 0.15) is 0 Å². The van der Waals surface area contributed by atoms with E-state index in [2.05, 4.69) is 108 Å². The van der Waals surface area contributed by atoms with Crippen LogP contribution >= 0.6 is 24.8 Å². The molecule has 0 aliphatic carbocycles. The minimum absolute atomic E-state index is 0. The van der Waals surface area contributed by atoms with E-state index in [1.54, 1.807) is 0 Å². The van der Waals surface area contributed by atoms with Crippen LogP contribution in [0.15, 0.2) is 121 Å². The van der Waals surface area contributed by atoms with E-state index >= 15 is 0 Å². The molecule has 2 aromatic heterocycles. The van der Waals surface area contributed by atoms with Crippen LogP contribution in [0.1, 0.15) is 0 Å². The SMILES string of the molecule is Cl.Cl.c1ccc(-c2nc3c(ccc4ncccc43)c(-c3ccccc3)c2-c2ccccc2)cc1. The van der Waals surface area contributed by atoms with Crippen molar-refractivity contribution in [2.75, 3.05) is 0 Å². The largest absolute Gasteiger partial charge is 0.256 e. The van der Waals surface area contributed by atoms with E-state index in [4.69, 9.17) is 4.98 Å². The van der Waals surface area contributed by atoms with Crippen LogP contribution in [-0.2, 0) is 0 Å². The summed E-state index contributed by atoms with van der Waals surface area (Å²) >= 11 is 0. The Morgan fingerprint density at radius 2 is 1.00 bits per heavy atom. The fourth-order valence-electron chi connectivity index (χ4n) is 4.48. The molecule has 0 spiro atoms. The second kappa shape index (κ2) is 10.0. The molecule has 4 heteroatoms. The van der Waals surface area contributed by atoms with Gasteiger partial charge in [0.25, 0.3) is 0 Å². The molecule has 0 bridgehead atoms. The van der Waals surface area contributed by atoms with Crippen molar-refractivity contribution < 1.29 is 0 Å². The second-order valence-electron chi connectivity index (χ2n) is 7.84. The first-order valence-electron chi connectivity index (χ1n) is 10.8. The van der Waals surface area contributed by atoms with Gasteiger partial charge < -0.3 is 0 Å². The number of fused-ring (bicyclic) bond motifs is 3. The van der Waals surface area contributed by atoms with Gasteiger partial charge in [-0.25, -0.2) is 4.98 Å². The molecule has 0 aliphatic heterocycles. The molecule has 166 valence electrons. The number of aromatic nitrogens is 2. The fourth-order valence-corrected chi connectivity index (χ4v) is 4.48. The molecule has 0 saturated heterocycles. The van der Waals surface area contributed by atoms with Crippen molar-refractivity contribution >= 4 is 46.6 Å². The molecule has 0 amide bonds. The Balaban J connectivity index is 0.00000137. The summed E-state index contributed by atoms with van der Waals surface area (Å²) in [6.07, 6.45) is 1.84. The van der Waals surface area contributed by atoms with Crippen LogP contribution in [0.25, 0.3) is 55.3 Å². The quantitative estimate of drug-likeness (QED) is 0.237. The molecular weight excluding hydrogens is 459 g/mol. The average molecular weight is 481 g/mol. The van der Waals surface area contributed by atoms with Gasteiger partial charge in [0.15, 0.2) is 0 Å². The lowest BCUT2D eigenvalue weighted by Crippen LogP contribution is -1.97. The summed E-state index contributed by atoms with van der Waals surface area (Å²) < 4.78 is 0. The highest BCUT2D eigenvalue weighted by atomic mass is 35.5. The van der Waals surface area contributed by atoms with Gasteiger partial charge in [-0.3, -0.25) is 4.98 Å². The Labute approximate surface area is 211 Å². The Hall–Kier alpha value is -3.72. The van der Waals surface area contributed by atoms with Crippen molar-refractivity contribution in [3.63, 3.8) is 0 Å². The van der Waals surface area contributed by atoms with Crippen LogP contribution in [0.3, 0.4) is 0 Å². The number of hydrogen-bond donors (Lipinski definition) is 0. The number of rotatable bonds is 3. The summed E-state index contributed by atoms with van der Waals surface area (Å²) in [4.78, 5) is 9.87. The predicted octanol–water partition coefficient (Wildman–Crippen LogP) is 8.63. The fraction of sp³-hybridized carbons (Fsp3) is 0. The minimum Gasteiger partial charge on any atom is -0.256 e. The number of halogens is 2. The van der Waals surface area contributed by atoms with Crippen molar-refractivity contribution in [1.29, 1.82) is 0 Å². The molecule has 2 nitrogen and oxygen atoms in total. The topological polar surface area (TPSA) is 25.8 Å². The first kappa shape index (κ1) is 23.4. The molecule has 34 heavy (non-hydrogen) atoms. The maximum atomic E-state index is 5.30. The average Bonchev–Trinajstić information content (AvgIpc) is 2.89. The zero-order valence-electron chi connectivity index (χ0n) is 18.3. The van der Waals surface area contributed by atoms with E-state index in [0.717, 1.165) is 44.2 Å². The summed E-state index contributed by atoms with van der Waals surface area (Å²) in [5, 5.41) is 2.20. The van der Waals surface area contributed by atoms with Crippen LogP contribution in [0.5, 0.6) is 0 Å². The van der Waals surface area contributed by atoms with E-state index in [0.29, 0.717) is 0 Å². The van der Waals surface area contributed by atoms with Crippen molar-refractivity contribution in [3.8, 4) is 33.5 Å². The molecule has 0 radical (unpaired) electrons. The zero-order valence-corrected chi connectivity index (χ0v) is 19.9. The van der Waals surface area contributed by atoms with E-state index in [9.17, 15) is 0 Å². The summed E-state index contributed by atoms with van der Waals surface area (Å²) in [6.45, 7) is 0. The summed E-state index contributed by atoms with van der Waals surface area (Å²) in [7, 11) is 0. The summed E-state index contributed by atoms with van der Waals surface area (Å²) in [6, 6.07) is 40.0. The van der Waals surface area contributed by atoms with Gasteiger partial charge >= 0.3 is 0 Å². The Bertz CT molecular complexity index is 1550. The van der Waals surface area contributed by atoms with Crippen molar-refractivity contribution in [1.82, 2.24) is 9.97 Å². The van der Waals surface area contributed by atoms with Crippen LogP contribution in [-0.4, -0.2) is 9.97 Å². The first-order valence-corrected chi connectivity index (χ1v) is 10.8. The highest BCUT2D eigenvalue weighted by molar-refractivity contribution is 6.14. The molecule has 6 rings (SSSR count). The molecule has 6 aromatic rings. The zero-order chi connectivity index (χ0) is 21.3. The van der Waals surface area contributed by atoms with Crippen LogP contribution in [0.2, 0.25) is 0 Å².